The Balaban J connectivity index is 2.03. The lowest BCUT2D eigenvalue weighted by molar-refractivity contribution is 0.352. The molecule has 0 atom stereocenters. The highest BCUT2D eigenvalue weighted by atomic mass is 16.5. The largest absolute Gasteiger partial charge is 0.493 e. The fourth-order valence-electron chi connectivity index (χ4n) is 3.55. The van der Waals surface area contributed by atoms with Crippen LogP contribution < -0.4 is 15.2 Å². The number of rotatable bonds is 3. The fraction of sp³-hybridized carbons (Fsp3) is 0.211. The first-order chi connectivity index (χ1) is 12.6. The highest BCUT2D eigenvalue weighted by Crippen LogP contribution is 2.48. The van der Waals surface area contributed by atoms with Crippen molar-refractivity contribution < 1.29 is 9.47 Å². The van der Waals surface area contributed by atoms with Gasteiger partial charge in [-0.25, -0.2) is 4.98 Å². The van der Waals surface area contributed by atoms with Crippen LogP contribution in [0.3, 0.4) is 0 Å². The molecule has 0 saturated carbocycles. The van der Waals surface area contributed by atoms with Gasteiger partial charge in [0.25, 0.3) is 0 Å². The predicted molar refractivity (Wildman–Crippen MR) is 96.9 cm³/mol. The summed E-state index contributed by atoms with van der Waals surface area (Å²) in [5.74, 6) is 1.54. The molecule has 4 rings (SSSR count). The minimum Gasteiger partial charge on any atom is -0.493 e. The van der Waals surface area contributed by atoms with Crippen molar-refractivity contribution in [1.82, 2.24) is 14.8 Å². The van der Waals surface area contributed by atoms with E-state index in [1.807, 2.05) is 31.4 Å². The molecule has 1 aliphatic carbocycles. The van der Waals surface area contributed by atoms with Crippen molar-refractivity contribution in [3.05, 3.63) is 41.1 Å². The summed E-state index contributed by atoms with van der Waals surface area (Å²) >= 11 is 0. The second-order valence-electron chi connectivity index (χ2n) is 6.06. The summed E-state index contributed by atoms with van der Waals surface area (Å²) in [7, 11) is 5.06. The molecule has 2 aromatic heterocycles. The Morgan fingerprint density at radius 1 is 1.19 bits per heavy atom. The Morgan fingerprint density at radius 2 is 2.00 bits per heavy atom. The molecule has 1 aliphatic rings. The van der Waals surface area contributed by atoms with Crippen LogP contribution >= 0.6 is 0 Å². The van der Waals surface area contributed by atoms with Gasteiger partial charge in [0.1, 0.15) is 17.5 Å². The SMILES string of the molecule is COc1ccc2c(c1OC)Cc1c-2nc(N)c(C#N)c1-c1ccn(C)n1. The number of nitrogens with two attached hydrogens (primary N) is 1. The lowest BCUT2D eigenvalue weighted by Gasteiger charge is -2.11. The van der Waals surface area contributed by atoms with Crippen LogP contribution in [0.1, 0.15) is 16.7 Å². The molecule has 130 valence electrons. The Morgan fingerprint density at radius 3 is 2.62 bits per heavy atom. The number of fused-ring (bicyclic) bond motifs is 3. The van der Waals surface area contributed by atoms with Gasteiger partial charge in [0.05, 0.1) is 25.6 Å². The van der Waals surface area contributed by atoms with E-state index in [9.17, 15) is 5.26 Å². The maximum Gasteiger partial charge on any atom is 0.164 e. The summed E-state index contributed by atoms with van der Waals surface area (Å²) in [6.07, 6.45) is 2.41. The number of hydrogen-bond acceptors (Lipinski definition) is 6. The first kappa shape index (κ1) is 16.0. The van der Waals surface area contributed by atoms with Crippen molar-refractivity contribution in [2.45, 2.75) is 6.42 Å². The monoisotopic (exact) mass is 347 g/mol. The molecular weight excluding hydrogens is 330 g/mol. The smallest absolute Gasteiger partial charge is 0.164 e. The van der Waals surface area contributed by atoms with Crippen molar-refractivity contribution in [2.75, 3.05) is 20.0 Å². The number of pyridine rings is 1. The molecule has 0 radical (unpaired) electrons. The molecular formula is C19H17N5O2. The van der Waals surface area contributed by atoms with Crippen molar-refractivity contribution in [2.24, 2.45) is 7.05 Å². The zero-order chi connectivity index (χ0) is 18.4. The first-order valence-corrected chi connectivity index (χ1v) is 8.05. The average molecular weight is 347 g/mol. The van der Waals surface area contributed by atoms with Gasteiger partial charge in [0.15, 0.2) is 11.5 Å². The van der Waals surface area contributed by atoms with Gasteiger partial charge >= 0.3 is 0 Å². The summed E-state index contributed by atoms with van der Waals surface area (Å²) in [4.78, 5) is 4.51. The number of anilines is 1. The van der Waals surface area contributed by atoms with Crippen LogP contribution in [-0.2, 0) is 13.5 Å². The lowest BCUT2D eigenvalue weighted by Crippen LogP contribution is -2.03. The summed E-state index contributed by atoms with van der Waals surface area (Å²) < 4.78 is 12.7. The number of ether oxygens (including phenoxy) is 2. The van der Waals surface area contributed by atoms with E-state index in [2.05, 4.69) is 16.2 Å². The Hall–Kier alpha value is -3.53. The highest BCUT2D eigenvalue weighted by Gasteiger charge is 2.31. The number of nitrogens with zero attached hydrogens (tertiary/aromatic N) is 4. The quantitative estimate of drug-likeness (QED) is 0.611. The summed E-state index contributed by atoms with van der Waals surface area (Å²) in [6.45, 7) is 0. The standard InChI is InChI=1S/C19H17N5O2/c1-24-7-6-14(23-24)16-12-8-11-10(4-5-15(25-2)18(11)26-3)17(12)22-19(21)13(16)9-20/h4-7H,8H2,1-3H3,(H2,21,22). The minimum atomic E-state index is 0.203. The Kier molecular flexibility index (Phi) is 3.55. The molecule has 7 heteroatoms. The molecule has 2 N–H and O–H groups in total. The molecule has 3 aromatic rings. The molecule has 0 bridgehead atoms. The topological polar surface area (TPSA) is 99.0 Å². The van der Waals surface area contributed by atoms with Crippen LogP contribution in [0.4, 0.5) is 5.82 Å². The Bertz CT molecular complexity index is 1080. The van der Waals surface area contributed by atoms with Gasteiger partial charge in [-0.2, -0.15) is 10.4 Å². The first-order valence-electron chi connectivity index (χ1n) is 8.05. The van der Waals surface area contributed by atoms with Gasteiger partial charge in [-0.15, -0.1) is 0 Å². The van der Waals surface area contributed by atoms with Crippen molar-refractivity contribution >= 4 is 5.82 Å². The van der Waals surface area contributed by atoms with Gasteiger partial charge < -0.3 is 15.2 Å². The summed E-state index contributed by atoms with van der Waals surface area (Å²) in [5, 5.41) is 14.1. The maximum absolute atomic E-state index is 9.65. The molecule has 1 aromatic carbocycles. The predicted octanol–water partition coefficient (Wildman–Crippen LogP) is 2.52. The molecule has 0 unspecified atom stereocenters. The third-order valence-electron chi connectivity index (χ3n) is 4.66. The Labute approximate surface area is 150 Å². The maximum atomic E-state index is 9.65. The van der Waals surface area contributed by atoms with E-state index in [1.165, 1.54) is 0 Å². The number of methoxy groups -OCH3 is 2. The van der Waals surface area contributed by atoms with Gasteiger partial charge in [-0.05, 0) is 23.8 Å². The normalized spacial score (nSPS) is 11.6. The zero-order valence-electron chi connectivity index (χ0n) is 14.7. The van der Waals surface area contributed by atoms with E-state index < -0.39 is 0 Å². The van der Waals surface area contributed by atoms with Gasteiger partial charge in [0.2, 0.25) is 0 Å². The second kappa shape index (κ2) is 5.77. The van der Waals surface area contributed by atoms with Crippen LogP contribution in [0, 0.1) is 11.3 Å². The molecule has 26 heavy (non-hydrogen) atoms. The van der Waals surface area contributed by atoms with Crippen molar-refractivity contribution in [3.8, 4) is 40.1 Å². The third-order valence-corrected chi connectivity index (χ3v) is 4.66. The number of aryl methyl sites for hydroxylation is 1. The van der Waals surface area contributed by atoms with E-state index in [0.29, 0.717) is 29.2 Å². The van der Waals surface area contributed by atoms with E-state index in [-0.39, 0.29) is 5.82 Å². The van der Waals surface area contributed by atoms with E-state index in [4.69, 9.17) is 15.2 Å². The molecule has 0 amide bonds. The van der Waals surface area contributed by atoms with Crippen LogP contribution in [0.15, 0.2) is 24.4 Å². The molecule has 0 aliphatic heterocycles. The van der Waals surface area contributed by atoms with Gasteiger partial charge in [0, 0.05) is 36.4 Å². The van der Waals surface area contributed by atoms with Crippen molar-refractivity contribution in [1.29, 1.82) is 5.26 Å². The van der Waals surface area contributed by atoms with E-state index >= 15 is 0 Å². The average Bonchev–Trinajstić information content (AvgIpc) is 3.23. The van der Waals surface area contributed by atoms with Gasteiger partial charge in [-0.3, -0.25) is 4.68 Å². The number of benzene rings is 1. The van der Waals surface area contributed by atoms with Gasteiger partial charge in [-0.1, -0.05) is 0 Å². The molecule has 0 spiro atoms. The van der Waals surface area contributed by atoms with Crippen LogP contribution in [0.5, 0.6) is 11.5 Å². The second-order valence-corrected chi connectivity index (χ2v) is 6.06. The van der Waals surface area contributed by atoms with E-state index in [0.717, 1.165) is 27.9 Å². The number of nitrogen functional groups attached to an aromatic ring is 1. The number of hydrogen-bond donors (Lipinski definition) is 1. The van der Waals surface area contributed by atoms with Crippen LogP contribution in [0.25, 0.3) is 22.5 Å². The summed E-state index contributed by atoms with van der Waals surface area (Å²) in [6, 6.07) is 7.86. The molecule has 7 nitrogen and oxygen atoms in total. The van der Waals surface area contributed by atoms with Crippen LogP contribution in [0.2, 0.25) is 0 Å². The highest BCUT2D eigenvalue weighted by molar-refractivity contribution is 5.88. The molecule has 0 saturated heterocycles. The number of nitriles is 1. The minimum absolute atomic E-state index is 0.203. The summed E-state index contributed by atoms with van der Waals surface area (Å²) in [5.41, 5.74) is 11.5. The molecule has 0 fully saturated rings. The lowest BCUT2D eigenvalue weighted by atomic mass is 9.98. The fourth-order valence-corrected chi connectivity index (χ4v) is 3.55. The van der Waals surface area contributed by atoms with Crippen molar-refractivity contribution in [3.63, 3.8) is 0 Å². The third kappa shape index (κ3) is 2.12. The van der Waals surface area contributed by atoms with E-state index in [1.54, 1.807) is 18.9 Å². The number of aromatic nitrogens is 3. The van der Waals surface area contributed by atoms with Crippen LogP contribution in [-0.4, -0.2) is 29.0 Å². The molecule has 2 heterocycles. The zero-order valence-corrected chi connectivity index (χ0v) is 14.7.